The normalized spacial score (nSPS) is 21.8. The van der Waals surface area contributed by atoms with Crippen LogP contribution in [0.25, 0.3) is 22.3 Å². The second-order valence-electron chi connectivity index (χ2n) is 13.5. The predicted octanol–water partition coefficient (Wildman–Crippen LogP) is 6.35. The molecule has 0 unspecified atom stereocenters. The number of hydrogen-bond donors (Lipinski definition) is 1. The van der Waals surface area contributed by atoms with Crippen LogP contribution in [0, 0.1) is 11.8 Å². The van der Waals surface area contributed by atoms with Gasteiger partial charge in [-0.25, -0.2) is 4.79 Å². The van der Waals surface area contributed by atoms with Crippen LogP contribution in [0.1, 0.15) is 70.4 Å². The Labute approximate surface area is 277 Å². The van der Waals surface area contributed by atoms with Crippen molar-refractivity contribution in [2.75, 3.05) is 26.7 Å². The zero-order valence-corrected chi connectivity index (χ0v) is 27.9. The monoisotopic (exact) mass is 635 g/mol. The molecule has 0 aromatic heterocycles. The molecule has 0 spiro atoms. The molecule has 2 aromatic rings. The number of rotatable bonds is 9. The van der Waals surface area contributed by atoms with Gasteiger partial charge in [0.15, 0.2) is 0 Å². The van der Waals surface area contributed by atoms with Gasteiger partial charge >= 0.3 is 6.09 Å². The summed E-state index contributed by atoms with van der Waals surface area (Å²) in [6.07, 6.45) is 8.58. The summed E-state index contributed by atoms with van der Waals surface area (Å²) in [6, 6.07) is 16.5. The SMILES string of the molecule is COC(=O)N[C@H](C(=O)N1CCC[C@H]1C1=NC=C(c2ccc(-c3ccc(C4=CN=C(CN5CCC[C@@H](C)C5=O)C4)cc3)cc2)C1)C(C)C. The van der Waals surface area contributed by atoms with Crippen molar-refractivity contribution in [1.29, 1.82) is 0 Å². The molecule has 246 valence electrons. The first-order valence-corrected chi connectivity index (χ1v) is 16.9. The van der Waals surface area contributed by atoms with Crippen molar-refractivity contribution in [3.8, 4) is 11.1 Å². The smallest absolute Gasteiger partial charge is 0.407 e. The van der Waals surface area contributed by atoms with Crippen LogP contribution in [0.5, 0.6) is 0 Å². The summed E-state index contributed by atoms with van der Waals surface area (Å²) in [5, 5.41) is 2.72. The van der Waals surface area contributed by atoms with Gasteiger partial charge < -0.3 is 19.9 Å². The largest absolute Gasteiger partial charge is 0.453 e. The maximum Gasteiger partial charge on any atom is 0.407 e. The van der Waals surface area contributed by atoms with Gasteiger partial charge in [-0.1, -0.05) is 69.3 Å². The van der Waals surface area contributed by atoms with Crippen LogP contribution in [0.15, 0.2) is 70.9 Å². The van der Waals surface area contributed by atoms with Crippen LogP contribution in [-0.4, -0.2) is 78.0 Å². The number of carbonyl (C=O) groups excluding carboxylic acids is 3. The van der Waals surface area contributed by atoms with Gasteiger partial charge in [0.25, 0.3) is 0 Å². The van der Waals surface area contributed by atoms with E-state index >= 15 is 0 Å². The van der Waals surface area contributed by atoms with E-state index in [1.807, 2.05) is 43.0 Å². The first kappa shape index (κ1) is 32.4. The lowest BCUT2D eigenvalue weighted by Gasteiger charge is -2.31. The second kappa shape index (κ2) is 14.1. The topological polar surface area (TPSA) is 104 Å². The number of piperidine rings is 1. The van der Waals surface area contributed by atoms with Gasteiger partial charge in [0.1, 0.15) is 6.04 Å². The summed E-state index contributed by atoms with van der Waals surface area (Å²) in [5.74, 6) is 0.214. The van der Waals surface area contributed by atoms with E-state index in [2.05, 4.69) is 58.8 Å². The molecular weight excluding hydrogens is 590 g/mol. The number of amides is 3. The van der Waals surface area contributed by atoms with E-state index in [0.29, 0.717) is 19.5 Å². The van der Waals surface area contributed by atoms with E-state index in [4.69, 9.17) is 9.73 Å². The number of ether oxygens (including phenoxy) is 1. The van der Waals surface area contributed by atoms with Gasteiger partial charge in [0, 0.05) is 55.7 Å². The van der Waals surface area contributed by atoms with Crippen molar-refractivity contribution >= 4 is 40.5 Å². The van der Waals surface area contributed by atoms with Crippen molar-refractivity contribution in [2.24, 2.45) is 21.8 Å². The molecule has 4 heterocycles. The standard InChI is InChI=1S/C38H45N5O4/c1-24(2)35(41-38(46)47-4)37(45)43-18-6-8-34(43)33-20-31(22-40-33)29-15-11-27(12-16-29)26-9-13-28(14-10-26)30-19-32(39-21-30)23-42-17-5-7-25(3)36(42)44/h9-16,21-22,24-25,34-35H,5-8,17-20,23H2,1-4H3,(H,41,46)/t25-,34+,35+/m1/s1. The highest BCUT2D eigenvalue weighted by Crippen LogP contribution is 2.33. The number of carbonyl (C=O) groups is 3. The maximum absolute atomic E-state index is 13.5. The van der Waals surface area contributed by atoms with Crippen LogP contribution >= 0.6 is 0 Å². The van der Waals surface area contributed by atoms with Crippen molar-refractivity contribution in [3.63, 3.8) is 0 Å². The van der Waals surface area contributed by atoms with Gasteiger partial charge in [-0.2, -0.15) is 0 Å². The Bertz CT molecular complexity index is 1640. The molecule has 2 saturated heterocycles. The van der Waals surface area contributed by atoms with Crippen LogP contribution in [-0.2, 0) is 14.3 Å². The first-order valence-electron chi connectivity index (χ1n) is 16.9. The number of alkyl carbamates (subject to hydrolysis) is 1. The lowest BCUT2D eigenvalue weighted by atomic mass is 9.95. The van der Waals surface area contributed by atoms with E-state index < -0.39 is 12.1 Å². The Morgan fingerprint density at radius 3 is 2.11 bits per heavy atom. The fourth-order valence-electron chi connectivity index (χ4n) is 7.10. The van der Waals surface area contributed by atoms with Crippen molar-refractivity contribution < 1.29 is 19.1 Å². The molecule has 4 aliphatic rings. The van der Waals surface area contributed by atoms with E-state index in [-0.39, 0.29) is 29.7 Å². The number of allylic oxidation sites excluding steroid dienone is 2. The molecule has 9 nitrogen and oxygen atoms in total. The molecular formula is C38H45N5O4. The summed E-state index contributed by atoms with van der Waals surface area (Å²) in [4.78, 5) is 51.2. The quantitative estimate of drug-likeness (QED) is 0.347. The van der Waals surface area contributed by atoms with E-state index in [9.17, 15) is 14.4 Å². The Hall–Kier alpha value is -4.53. The molecule has 0 aliphatic carbocycles. The Morgan fingerprint density at radius 2 is 1.47 bits per heavy atom. The molecule has 0 saturated carbocycles. The number of nitrogens with zero attached hydrogens (tertiary/aromatic N) is 4. The third-order valence-electron chi connectivity index (χ3n) is 9.88. The van der Waals surface area contributed by atoms with Crippen molar-refractivity contribution in [1.82, 2.24) is 15.1 Å². The van der Waals surface area contributed by atoms with Crippen LogP contribution in [0.3, 0.4) is 0 Å². The lowest BCUT2D eigenvalue weighted by Crippen LogP contribution is -2.53. The highest BCUT2D eigenvalue weighted by molar-refractivity contribution is 6.04. The Balaban J connectivity index is 1.03. The number of methoxy groups -OCH3 is 1. The number of nitrogens with one attached hydrogen (secondary N) is 1. The summed E-state index contributed by atoms with van der Waals surface area (Å²) in [6.45, 7) is 7.98. The van der Waals surface area contributed by atoms with Gasteiger partial charge in [-0.3, -0.25) is 19.6 Å². The third-order valence-corrected chi connectivity index (χ3v) is 9.88. The second-order valence-corrected chi connectivity index (χ2v) is 13.5. The molecule has 3 amide bonds. The number of benzene rings is 2. The number of hydrogen-bond acceptors (Lipinski definition) is 6. The molecule has 4 aliphatic heterocycles. The minimum atomic E-state index is -0.639. The molecule has 9 heteroatoms. The molecule has 1 N–H and O–H groups in total. The minimum Gasteiger partial charge on any atom is -0.453 e. The number of aliphatic imine (C=N–C) groups is 2. The number of likely N-dealkylation sites (tertiary alicyclic amines) is 2. The van der Waals surface area contributed by atoms with Gasteiger partial charge in [0.2, 0.25) is 11.8 Å². The van der Waals surface area contributed by atoms with Gasteiger partial charge in [-0.15, -0.1) is 0 Å². The van der Waals surface area contributed by atoms with Crippen LogP contribution in [0.4, 0.5) is 4.79 Å². The summed E-state index contributed by atoms with van der Waals surface area (Å²) >= 11 is 0. The molecule has 2 fully saturated rings. The summed E-state index contributed by atoms with van der Waals surface area (Å²) in [7, 11) is 1.31. The Morgan fingerprint density at radius 1 is 0.872 bits per heavy atom. The first-order chi connectivity index (χ1) is 22.7. The molecule has 6 rings (SSSR count). The van der Waals surface area contributed by atoms with Crippen LogP contribution < -0.4 is 5.32 Å². The zero-order chi connectivity index (χ0) is 33.1. The van der Waals surface area contributed by atoms with E-state index in [1.165, 1.54) is 12.7 Å². The van der Waals surface area contributed by atoms with Crippen molar-refractivity contribution in [2.45, 2.75) is 71.4 Å². The molecule has 3 atom stereocenters. The fourth-order valence-corrected chi connectivity index (χ4v) is 7.10. The molecule has 0 radical (unpaired) electrons. The van der Waals surface area contributed by atoms with E-state index in [1.54, 1.807) is 0 Å². The third kappa shape index (κ3) is 7.09. The fraction of sp³-hybridized carbons (Fsp3) is 0.447. The molecule has 47 heavy (non-hydrogen) atoms. The summed E-state index contributed by atoms with van der Waals surface area (Å²) in [5.41, 5.74) is 8.93. The maximum atomic E-state index is 13.5. The van der Waals surface area contributed by atoms with E-state index in [0.717, 1.165) is 77.9 Å². The average molecular weight is 636 g/mol. The Kier molecular flexibility index (Phi) is 9.71. The van der Waals surface area contributed by atoms with Crippen LogP contribution in [0.2, 0.25) is 0 Å². The predicted molar refractivity (Wildman–Crippen MR) is 186 cm³/mol. The molecule has 0 bridgehead atoms. The van der Waals surface area contributed by atoms with Gasteiger partial charge in [-0.05, 0) is 65.0 Å². The zero-order valence-electron chi connectivity index (χ0n) is 27.9. The lowest BCUT2D eigenvalue weighted by molar-refractivity contribution is -0.137. The average Bonchev–Trinajstić information content (AvgIpc) is 3.87. The minimum absolute atomic E-state index is 0.0649. The highest BCUT2D eigenvalue weighted by Gasteiger charge is 2.38. The van der Waals surface area contributed by atoms with Crippen molar-refractivity contribution in [3.05, 3.63) is 72.1 Å². The molecule has 2 aromatic carbocycles. The highest BCUT2D eigenvalue weighted by atomic mass is 16.5. The summed E-state index contributed by atoms with van der Waals surface area (Å²) < 4.78 is 4.76. The van der Waals surface area contributed by atoms with Gasteiger partial charge in [0.05, 0.1) is 19.7 Å².